The summed E-state index contributed by atoms with van der Waals surface area (Å²) in [4.78, 5) is 0. The fourth-order valence-corrected chi connectivity index (χ4v) is 1.30. The highest BCUT2D eigenvalue weighted by Crippen LogP contribution is 2.12. The largest absolute Gasteiger partial charge is 0.393 e. The van der Waals surface area contributed by atoms with Crippen molar-refractivity contribution < 1.29 is 5.11 Å². The second-order valence-electron chi connectivity index (χ2n) is 2.18. The number of hydrogen-bond acceptors (Lipinski definition) is 1. The maximum Gasteiger partial charge on any atom is 0.0512 e. The highest BCUT2D eigenvalue weighted by Gasteiger charge is 2.02. The SMILES string of the molecule is CC(O)CCC(I)CI. The highest BCUT2D eigenvalue weighted by atomic mass is 127. The zero-order valence-electron chi connectivity index (χ0n) is 5.48. The second kappa shape index (κ2) is 6.15. The van der Waals surface area contributed by atoms with E-state index in [4.69, 9.17) is 5.11 Å². The summed E-state index contributed by atoms with van der Waals surface area (Å²) < 4.78 is 1.92. The Morgan fingerprint density at radius 1 is 1.44 bits per heavy atom. The van der Waals surface area contributed by atoms with E-state index in [9.17, 15) is 0 Å². The van der Waals surface area contributed by atoms with Gasteiger partial charge in [0.05, 0.1) is 6.10 Å². The van der Waals surface area contributed by atoms with Crippen LogP contribution in [0.15, 0.2) is 0 Å². The minimum atomic E-state index is -0.120. The fourth-order valence-electron chi connectivity index (χ4n) is 0.499. The molecule has 56 valence electrons. The molecule has 9 heavy (non-hydrogen) atoms. The van der Waals surface area contributed by atoms with Crippen LogP contribution in [0.5, 0.6) is 0 Å². The maximum atomic E-state index is 8.89. The molecule has 0 aliphatic rings. The first kappa shape index (κ1) is 10.4. The Bertz CT molecular complexity index is 66.1. The van der Waals surface area contributed by atoms with Crippen LogP contribution in [0.3, 0.4) is 0 Å². The van der Waals surface area contributed by atoms with Crippen LogP contribution in [0.1, 0.15) is 19.8 Å². The molecule has 0 aliphatic heterocycles. The standard InChI is InChI=1S/C6H12I2O/c1-5(9)2-3-6(8)4-7/h5-6,9H,2-4H2,1H3. The van der Waals surface area contributed by atoms with Gasteiger partial charge in [0.15, 0.2) is 0 Å². The maximum absolute atomic E-state index is 8.89. The molecule has 0 bridgehead atoms. The lowest BCUT2D eigenvalue weighted by molar-refractivity contribution is 0.182. The van der Waals surface area contributed by atoms with E-state index in [1.54, 1.807) is 0 Å². The van der Waals surface area contributed by atoms with Gasteiger partial charge in [-0.2, -0.15) is 0 Å². The molecule has 1 N–H and O–H groups in total. The van der Waals surface area contributed by atoms with Crippen molar-refractivity contribution in [3.05, 3.63) is 0 Å². The Labute approximate surface area is 83.9 Å². The van der Waals surface area contributed by atoms with Crippen molar-refractivity contribution in [2.24, 2.45) is 0 Å². The molecular weight excluding hydrogens is 342 g/mol. The zero-order chi connectivity index (χ0) is 7.28. The van der Waals surface area contributed by atoms with Crippen LogP contribution in [0.25, 0.3) is 0 Å². The average Bonchev–Trinajstić information content (AvgIpc) is 1.83. The molecule has 0 aromatic rings. The number of rotatable bonds is 4. The molecule has 0 saturated carbocycles. The van der Waals surface area contributed by atoms with Gasteiger partial charge in [-0.3, -0.25) is 0 Å². The van der Waals surface area contributed by atoms with Crippen molar-refractivity contribution in [3.8, 4) is 0 Å². The molecule has 1 nitrogen and oxygen atoms in total. The van der Waals surface area contributed by atoms with Crippen LogP contribution in [-0.4, -0.2) is 19.6 Å². The number of hydrogen-bond donors (Lipinski definition) is 1. The minimum Gasteiger partial charge on any atom is -0.393 e. The summed E-state index contributed by atoms with van der Waals surface area (Å²) in [6, 6.07) is 0. The van der Waals surface area contributed by atoms with Gasteiger partial charge in [0.1, 0.15) is 0 Å². The lowest BCUT2D eigenvalue weighted by Gasteiger charge is -2.06. The zero-order valence-corrected chi connectivity index (χ0v) is 9.79. The van der Waals surface area contributed by atoms with E-state index in [0.717, 1.165) is 16.8 Å². The molecule has 0 fully saturated rings. The third-order valence-electron chi connectivity index (χ3n) is 1.07. The molecule has 2 atom stereocenters. The third-order valence-corrected chi connectivity index (χ3v) is 4.88. The summed E-state index contributed by atoms with van der Waals surface area (Å²) in [6.07, 6.45) is 1.96. The van der Waals surface area contributed by atoms with E-state index >= 15 is 0 Å². The molecule has 0 saturated heterocycles. The monoisotopic (exact) mass is 354 g/mol. The van der Waals surface area contributed by atoms with E-state index < -0.39 is 0 Å². The molecule has 0 aromatic heterocycles. The van der Waals surface area contributed by atoms with Gasteiger partial charge in [0.2, 0.25) is 0 Å². The van der Waals surface area contributed by atoms with E-state index in [0.29, 0.717) is 0 Å². The van der Waals surface area contributed by atoms with E-state index in [1.165, 1.54) is 4.43 Å². The molecule has 0 aromatic carbocycles. The average molecular weight is 354 g/mol. The van der Waals surface area contributed by atoms with Crippen molar-refractivity contribution in [2.75, 3.05) is 4.43 Å². The molecule has 0 spiro atoms. The molecule has 3 heteroatoms. The highest BCUT2D eigenvalue weighted by molar-refractivity contribution is 14.1. The van der Waals surface area contributed by atoms with Crippen molar-refractivity contribution in [1.82, 2.24) is 0 Å². The summed E-state index contributed by atoms with van der Waals surface area (Å²) in [5, 5.41) is 8.89. The van der Waals surface area contributed by atoms with Crippen molar-refractivity contribution in [2.45, 2.75) is 29.8 Å². The van der Waals surface area contributed by atoms with E-state index in [-0.39, 0.29) is 6.10 Å². The summed E-state index contributed by atoms with van der Waals surface area (Å²) in [6.45, 7) is 1.84. The molecule has 0 radical (unpaired) electrons. The van der Waals surface area contributed by atoms with Gasteiger partial charge in [-0.05, 0) is 19.8 Å². The lowest BCUT2D eigenvalue weighted by atomic mass is 10.2. The number of aliphatic hydroxyl groups is 1. The Morgan fingerprint density at radius 3 is 2.33 bits per heavy atom. The molecule has 2 unspecified atom stereocenters. The van der Waals surface area contributed by atoms with E-state index in [2.05, 4.69) is 45.2 Å². The molecule has 0 aliphatic carbocycles. The smallest absolute Gasteiger partial charge is 0.0512 e. The van der Waals surface area contributed by atoms with Gasteiger partial charge < -0.3 is 5.11 Å². The summed E-state index contributed by atoms with van der Waals surface area (Å²) >= 11 is 4.79. The van der Waals surface area contributed by atoms with Crippen molar-refractivity contribution >= 4 is 45.2 Å². The van der Waals surface area contributed by atoms with Crippen LogP contribution in [-0.2, 0) is 0 Å². The van der Waals surface area contributed by atoms with Gasteiger partial charge in [-0.15, -0.1) is 0 Å². The number of alkyl halides is 2. The molecule has 0 rings (SSSR count). The summed E-state index contributed by atoms with van der Waals surface area (Å²) in [7, 11) is 0. The van der Waals surface area contributed by atoms with Gasteiger partial charge in [-0.1, -0.05) is 45.2 Å². The lowest BCUT2D eigenvalue weighted by Crippen LogP contribution is -2.05. The van der Waals surface area contributed by atoms with Crippen LogP contribution in [0.2, 0.25) is 0 Å². The third kappa shape index (κ3) is 7.32. The van der Waals surface area contributed by atoms with Crippen LogP contribution in [0, 0.1) is 0 Å². The van der Waals surface area contributed by atoms with Crippen molar-refractivity contribution in [1.29, 1.82) is 0 Å². The summed E-state index contributed by atoms with van der Waals surface area (Å²) in [5.74, 6) is 0. The quantitative estimate of drug-likeness (QED) is 0.607. The van der Waals surface area contributed by atoms with Gasteiger partial charge >= 0.3 is 0 Å². The minimum absolute atomic E-state index is 0.120. The summed E-state index contributed by atoms with van der Waals surface area (Å²) in [5.41, 5.74) is 0. The first-order valence-electron chi connectivity index (χ1n) is 3.05. The first-order chi connectivity index (χ1) is 4.16. The van der Waals surface area contributed by atoms with Crippen LogP contribution < -0.4 is 0 Å². The normalized spacial score (nSPS) is 17.3. The Balaban J connectivity index is 3.06. The fraction of sp³-hybridized carbons (Fsp3) is 1.00. The van der Waals surface area contributed by atoms with Crippen LogP contribution in [0.4, 0.5) is 0 Å². The molecule has 0 heterocycles. The van der Waals surface area contributed by atoms with Gasteiger partial charge in [-0.25, -0.2) is 0 Å². The molecular formula is C6H12I2O. The Hall–Kier alpha value is 1.42. The predicted octanol–water partition coefficient (Wildman–Crippen LogP) is 2.39. The Morgan fingerprint density at radius 2 is 2.00 bits per heavy atom. The first-order valence-corrected chi connectivity index (χ1v) is 5.82. The Kier molecular flexibility index (Phi) is 7.12. The van der Waals surface area contributed by atoms with Gasteiger partial charge in [0.25, 0.3) is 0 Å². The topological polar surface area (TPSA) is 20.2 Å². The predicted molar refractivity (Wildman–Crippen MR) is 57.6 cm³/mol. The number of halogens is 2. The van der Waals surface area contributed by atoms with Crippen LogP contribution >= 0.6 is 45.2 Å². The molecule has 0 amide bonds. The van der Waals surface area contributed by atoms with Crippen molar-refractivity contribution in [3.63, 3.8) is 0 Å². The second-order valence-corrected chi connectivity index (χ2v) is 4.82. The number of aliphatic hydroxyl groups excluding tert-OH is 1. The van der Waals surface area contributed by atoms with E-state index in [1.807, 2.05) is 6.92 Å². The van der Waals surface area contributed by atoms with Gasteiger partial charge in [0, 0.05) is 8.35 Å².